The zero-order valence-electron chi connectivity index (χ0n) is 15.3. The van der Waals surface area contributed by atoms with Crippen LogP contribution in [0.1, 0.15) is 6.92 Å². The van der Waals surface area contributed by atoms with Crippen LogP contribution in [0.2, 0.25) is 0 Å². The summed E-state index contributed by atoms with van der Waals surface area (Å²) in [6.07, 6.45) is 0. The van der Waals surface area contributed by atoms with Crippen molar-refractivity contribution in [3.8, 4) is 0 Å². The highest BCUT2D eigenvalue weighted by atomic mass is 19.1. The van der Waals surface area contributed by atoms with Crippen LogP contribution in [0.15, 0.2) is 33.9 Å². The number of rotatable bonds is 3. The number of aliphatic carboxylic acids is 1. The average Bonchev–Trinajstić information content (AvgIpc) is 3.03. The van der Waals surface area contributed by atoms with E-state index in [0.717, 1.165) is 0 Å². The first kappa shape index (κ1) is 18.0. The molecule has 0 aliphatic carbocycles. The first-order chi connectivity index (χ1) is 13.3. The van der Waals surface area contributed by atoms with Gasteiger partial charge in [-0.1, -0.05) is 6.92 Å². The molecule has 9 nitrogen and oxygen atoms in total. The fourth-order valence-corrected chi connectivity index (χ4v) is 3.62. The van der Waals surface area contributed by atoms with Crippen LogP contribution in [0, 0.1) is 11.7 Å². The molecule has 0 bridgehead atoms. The Balaban J connectivity index is 2.00. The van der Waals surface area contributed by atoms with Gasteiger partial charge >= 0.3 is 11.7 Å². The molecule has 0 amide bonds. The van der Waals surface area contributed by atoms with Crippen LogP contribution < -0.4 is 16.1 Å². The minimum Gasteiger partial charge on any atom is -0.480 e. The summed E-state index contributed by atoms with van der Waals surface area (Å²) in [5, 5.41) is 9.05. The van der Waals surface area contributed by atoms with Gasteiger partial charge in [0.1, 0.15) is 12.4 Å². The molecule has 0 spiro atoms. The third-order valence-electron chi connectivity index (χ3n) is 4.87. The van der Waals surface area contributed by atoms with E-state index in [0.29, 0.717) is 29.3 Å². The van der Waals surface area contributed by atoms with Gasteiger partial charge in [0.05, 0.1) is 0 Å². The van der Waals surface area contributed by atoms with E-state index in [1.54, 1.807) is 16.7 Å². The number of hydrogen-bond donors (Lipinski definition) is 1. The van der Waals surface area contributed by atoms with E-state index in [9.17, 15) is 18.8 Å². The van der Waals surface area contributed by atoms with Gasteiger partial charge < -0.3 is 14.6 Å². The first-order valence-electron chi connectivity index (χ1n) is 8.73. The molecule has 10 heteroatoms. The number of imidazole rings is 1. The topological polar surface area (TPSA) is 102 Å². The van der Waals surface area contributed by atoms with Gasteiger partial charge in [0.2, 0.25) is 5.95 Å². The lowest BCUT2D eigenvalue weighted by atomic mass is 10.1. The van der Waals surface area contributed by atoms with Crippen LogP contribution in [-0.2, 0) is 24.9 Å². The van der Waals surface area contributed by atoms with Gasteiger partial charge in [-0.25, -0.2) is 13.8 Å². The van der Waals surface area contributed by atoms with Gasteiger partial charge in [-0.05, 0) is 30.2 Å². The predicted molar refractivity (Wildman–Crippen MR) is 99.4 cm³/mol. The van der Waals surface area contributed by atoms with Crippen molar-refractivity contribution < 1.29 is 14.3 Å². The van der Waals surface area contributed by atoms with E-state index in [-0.39, 0.29) is 22.9 Å². The largest absolute Gasteiger partial charge is 0.480 e. The number of fused-ring (bicyclic) bond motifs is 3. The molecule has 1 atom stereocenters. The van der Waals surface area contributed by atoms with E-state index < -0.39 is 23.8 Å². The maximum atomic E-state index is 13.3. The fraction of sp³-hybridized carbons (Fsp3) is 0.333. The number of benzene rings is 1. The Morgan fingerprint density at radius 3 is 2.57 bits per heavy atom. The van der Waals surface area contributed by atoms with Gasteiger partial charge in [0.15, 0.2) is 11.2 Å². The van der Waals surface area contributed by atoms with E-state index >= 15 is 0 Å². The van der Waals surface area contributed by atoms with Crippen molar-refractivity contribution in [1.29, 1.82) is 0 Å². The summed E-state index contributed by atoms with van der Waals surface area (Å²) in [6, 6.07) is 5.94. The number of aromatic nitrogens is 4. The highest BCUT2D eigenvalue weighted by Crippen LogP contribution is 2.32. The molecule has 0 saturated carbocycles. The van der Waals surface area contributed by atoms with Gasteiger partial charge in [-0.15, -0.1) is 0 Å². The van der Waals surface area contributed by atoms with Gasteiger partial charge in [-0.2, -0.15) is 4.98 Å². The van der Waals surface area contributed by atoms with Gasteiger partial charge in [0.25, 0.3) is 5.56 Å². The zero-order valence-corrected chi connectivity index (χ0v) is 15.3. The van der Waals surface area contributed by atoms with Crippen LogP contribution in [-0.4, -0.2) is 36.3 Å². The Morgan fingerprint density at radius 2 is 1.93 bits per heavy atom. The summed E-state index contributed by atoms with van der Waals surface area (Å²) < 4.78 is 16.9. The van der Waals surface area contributed by atoms with Crippen molar-refractivity contribution in [3.63, 3.8) is 0 Å². The van der Waals surface area contributed by atoms with Crippen molar-refractivity contribution in [1.82, 2.24) is 18.7 Å². The number of carbonyl (C=O) groups is 1. The smallest absolute Gasteiger partial charge is 0.333 e. The van der Waals surface area contributed by atoms with E-state index in [1.165, 1.54) is 23.7 Å². The highest BCUT2D eigenvalue weighted by Gasteiger charge is 2.30. The molecule has 1 N–H and O–H groups in total. The fourth-order valence-electron chi connectivity index (χ4n) is 3.62. The lowest BCUT2D eigenvalue weighted by Crippen LogP contribution is -2.41. The first-order valence-corrected chi connectivity index (χ1v) is 8.73. The summed E-state index contributed by atoms with van der Waals surface area (Å²) in [5.41, 5.74) is -0.352. The summed E-state index contributed by atoms with van der Waals surface area (Å²) in [4.78, 5) is 42.8. The molecule has 4 rings (SSSR count). The number of hydrogen-bond acceptors (Lipinski definition) is 5. The van der Waals surface area contributed by atoms with Crippen LogP contribution in [0.3, 0.4) is 0 Å². The molecular weight excluding hydrogens is 369 g/mol. The number of halogens is 1. The second kappa shape index (κ2) is 6.32. The molecule has 2 aromatic heterocycles. The molecule has 1 aromatic carbocycles. The number of carboxylic acid groups (broad SMARTS) is 1. The van der Waals surface area contributed by atoms with Crippen LogP contribution in [0.4, 0.5) is 16.0 Å². The van der Waals surface area contributed by atoms with Crippen molar-refractivity contribution in [2.75, 3.05) is 11.4 Å². The Bertz CT molecular complexity index is 1210. The lowest BCUT2D eigenvalue weighted by Gasteiger charge is -2.32. The molecule has 0 fully saturated rings. The third kappa shape index (κ3) is 2.68. The maximum Gasteiger partial charge on any atom is 0.333 e. The summed E-state index contributed by atoms with van der Waals surface area (Å²) >= 11 is 0. The quantitative estimate of drug-likeness (QED) is 0.717. The predicted octanol–water partition coefficient (Wildman–Crippen LogP) is 0.908. The molecule has 1 aliphatic rings. The normalized spacial score (nSPS) is 16.4. The minimum absolute atomic E-state index is 0.138. The molecule has 1 aliphatic heterocycles. The molecule has 3 aromatic rings. The SMILES string of the molecule is C[C@@H]1CN(c2ccc(F)cc2)c2nc3c(c(=O)n(CC(=O)O)c(=O)n3C)n2C1. The maximum absolute atomic E-state index is 13.3. The van der Waals surface area contributed by atoms with Gasteiger partial charge in [0, 0.05) is 25.8 Å². The van der Waals surface area contributed by atoms with E-state index in [1.807, 2.05) is 11.8 Å². The number of aryl methyl sites for hydroxylation is 1. The van der Waals surface area contributed by atoms with Crippen molar-refractivity contribution in [2.24, 2.45) is 13.0 Å². The second-order valence-electron chi connectivity index (χ2n) is 7.01. The number of anilines is 2. The molecule has 0 radical (unpaired) electrons. The summed E-state index contributed by atoms with van der Waals surface area (Å²) in [7, 11) is 1.45. The minimum atomic E-state index is -1.28. The Labute approximate surface area is 157 Å². The van der Waals surface area contributed by atoms with Crippen molar-refractivity contribution in [3.05, 3.63) is 50.9 Å². The zero-order chi connectivity index (χ0) is 20.2. The highest BCUT2D eigenvalue weighted by molar-refractivity contribution is 5.77. The molecule has 28 heavy (non-hydrogen) atoms. The van der Waals surface area contributed by atoms with Gasteiger partial charge in [-0.3, -0.25) is 14.2 Å². The van der Waals surface area contributed by atoms with Crippen LogP contribution >= 0.6 is 0 Å². The number of nitrogens with zero attached hydrogens (tertiary/aromatic N) is 5. The molecule has 0 unspecified atom stereocenters. The molecule has 146 valence electrons. The number of carboxylic acids is 1. The Kier molecular flexibility index (Phi) is 4.06. The molecule has 3 heterocycles. The van der Waals surface area contributed by atoms with E-state index in [2.05, 4.69) is 4.98 Å². The molecule has 0 saturated heterocycles. The third-order valence-corrected chi connectivity index (χ3v) is 4.87. The van der Waals surface area contributed by atoms with Crippen LogP contribution in [0.5, 0.6) is 0 Å². The second-order valence-corrected chi connectivity index (χ2v) is 7.01. The van der Waals surface area contributed by atoms with E-state index in [4.69, 9.17) is 5.11 Å². The molecular formula is C18H18FN5O4. The Hall–Kier alpha value is -3.43. The van der Waals surface area contributed by atoms with Crippen molar-refractivity contribution in [2.45, 2.75) is 20.0 Å². The van der Waals surface area contributed by atoms with Crippen LogP contribution in [0.25, 0.3) is 11.2 Å². The monoisotopic (exact) mass is 387 g/mol. The Morgan fingerprint density at radius 1 is 1.25 bits per heavy atom. The standard InChI is InChI=1S/C18H18FN5O4/c1-10-7-22(12-5-3-11(19)4-6-12)17-20-15-14(23(17)8-10)16(27)24(9-13(25)26)18(28)21(15)2/h3-6,10H,7-9H2,1-2H3,(H,25,26)/t10-/m1/s1. The summed E-state index contributed by atoms with van der Waals surface area (Å²) in [5.74, 6) is -1.04. The lowest BCUT2D eigenvalue weighted by molar-refractivity contribution is -0.137. The average molecular weight is 387 g/mol. The van der Waals surface area contributed by atoms with Crippen molar-refractivity contribution >= 4 is 28.8 Å². The summed E-state index contributed by atoms with van der Waals surface area (Å²) in [6.45, 7) is 2.37.